The fraction of sp³-hybridized carbons (Fsp3) is 0.833. The van der Waals surface area contributed by atoms with Gasteiger partial charge in [-0.15, -0.1) is 0 Å². The van der Waals surface area contributed by atoms with E-state index < -0.39 is 24.1 Å². The lowest BCUT2D eigenvalue weighted by atomic mass is 9.91. The van der Waals surface area contributed by atoms with Crippen LogP contribution in [0.25, 0.3) is 0 Å². The first kappa shape index (κ1) is 7.65. The van der Waals surface area contributed by atoms with Crippen molar-refractivity contribution in [3.05, 3.63) is 0 Å². The van der Waals surface area contributed by atoms with Gasteiger partial charge in [0.25, 0.3) is 0 Å². The van der Waals surface area contributed by atoms with E-state index >= 15 is 0 Å². The summed E-state index contributed by atoms with van der Waals surface area (Å²) in [5.74, 6) is -0.578. The fourth-order valence-electron chi connectivity index (χ4n) is 1.07. The van der Waals surface area contributed by atoms with E-state index in [4.69, 9.17) is 15.3 Å². The van der Waals surface area contributed by atoms with Crippen molar-refractivity contribution in [1.29, 1.82) is 0 Å². The Morgan fingerprint density at radius 1 is 1.10 bits per heavy atom. The van der Waals surface area contributed by atoms with Crippen molar-refractivity contribution >= 4 is 5.78 Å². The third-order valence-electron chi connectivity index (χ3n) is 1.65. The molecule has 1 saturated carbocycles. The Balaban J connectivity index is 2.57. The second-order valence-electron chi connectivity index (χ2n) is 2.56. The molecule has 58 valence electrons. The van der Waals surface area contributed by atoms with E-state index in [9.17, 15) is 4.79 Å². The Hall–Kier alpha value is -0.450. The first-order valence-electron chi connectivity index (χ1n) is 3.19. The van der Waals surface area contributed by atoms with Gasteiger partial charge in [0.2, 0.25) is 0 Å². The molecule has 0 saturated heterocycles. The highest BCUT2D eigenvalue weighted by Crippen LogP contribution is 2.15. The number of rotatable bonds is 0. The number of hydrogen-bond acceptors (Lipinski definition) is 4. The quantitative estimate of drug-likeness (QED) is 0.386. The van der Waals surface area contributed by atoms with E-state index in [0.717, 1.165) is 0 Å². The number of Topliss-reactive ketones (excluding diaryl/α,β-unsaturated/α-hetero) is 1. The number of aliphatic hydroxyl groups is 3. The third kappa shape index (κ3) is 1.34. The van der Waals surface area contributed by atoms with E-state index in [1.54, 1.807) is 0 Å². The summed E-state index contributed by atoms with van der Waals surface area (Å²) in [6.07, 6.45) is -3.01. The molecule has 1 aliphatic carbocycles. The highest BCUT2D eigenvalue weighted by molar-refractivity contribution is 5.87. The van der Waals surface area contributed by atoms with Gasteiger partial charge < -0.3 is 15.3 Å². The van der Waals surface area contributed by atoms with Crippen molar-refractivity contribution in [1.82, 2.24) is 0 Å². The number of carbonyl (C=O) groups is 1. The Kier molecular flexibility index (Phi) is 2.03. The second-order valence-corrected chi connectivity index (χ2v) is 2.56. The standard InChI is InChI=1S/C6H10O4/c7-3-1-4(8)6(10)5(9)2-3/h3-5,7-9H,1-2H2/t3?,4-,5+. The van der Waals surface area contributed by atoms with Crippen LogP contribution < -0.4 is 0 Å². The second kappa shape index (κ2) is 2.65. The minimum atomic E-state index is -1.18. The molecule has 1 aliphatic rings. The Morgan fingerprint density at radius 3 is 1.90 bits per heavy atom. The van der Waals surface area contributed by atoms with Crippen LogP contribution in [0.2, 0.25) is 0 Å². The van der Waals surface area contributed by atoms with Crippen molar-refractivity contribution in [3.8, 4) is 0 Å². The first-order valence-corrected chi connectivity index (χ1v) is 3.19. The van der Waals surface area contributed by atoms with Crippen LogP contribution in [0.4, 0.5) is 0 Å². The molecule has 10 heavy (non-hydrogen) atoms. The van der Waals surface area contributed by atoms with Gasteiger partial charge in [-0.1, -0.05) is 0 Å². The monoisotopic (exact) mass is 146 g/mol. The van der Waals surface area contributed by atoms with Crippen molar-refractivity contribution < 1.29 is 20.1 Å². The normalized spacial score (nSPS) is 41.9. The molecule has 0 amide bonds. The van der Waals surface area contributed by atoms with Gasteiger partial charge in [0.1, 0.15) is 12.2 Å². The molecule has 0 bridgehead atoms. The molecule has 1 fully saturated rings. The third-order valence-corrected chi connectivity index (χ3v) is 1.65. The molecule has 0 heterocycles. The number of aliphatic hydroxyl groups excluding tert-OH is 3. The highest BCUT2D eigenvalue weighted by atomic mass is 16.3. The van der Waals surface area contributed by atoms with E-state index in [2.05, 4.69) is 0 Å². The summed E-state index contributed by atoms with van der Waals surface area (Å²) in [5.41, 5.74) is 0. The van der Waals surface area contributed by atoms with Crippen molar-refractivity contribution in [2.75, 3.05) is 0 Å². The van der Waals surface area contributed by atoms with E-state index in [1.807, 2.05) is 0 Å². The summed E-state index contributed by atoms with van der Waals surface area (Å²) >= 11 is 0. The SMILES string of the molecule is O=C1[C@H](O)CC(O)C[C@@H]1O. The minimum Gasteiger partial charge on any atom is -0.393 e. The molecule has 0 aromatic rings. The smallest absolute Gasteiger partial charge is 0.189 e. The van der Waals surface area contributed by atoms with Gasteiger partial charge in [-0.2, -0.15) is 0 Å². The molecule has 3 N–H and O–H groups in total. The molecular weight excluding hydrogens is 136 g/mol. The summed E-state index contributed by atoms with van der Waals surface area (Å²) in [6, 6.07) is 0. The van der Waals surface area contributed by atoms with Gasteiger partial charge in [0, 0.05) is 12.8 Å². The van der Waals surface area contributed by atoms with Gasteiger partial charge in [0.05, 0.1) is 6.10 Å². The van der Waals surface area contributed by atoms with Crippen LogP contribution >= 0.6 is 0 Å². The van der Waals surface area contributed by atoms with Crippen LogP contribution in [0.5, 0.6) is 0 Å². The van der Waals surface area contributed by atoms with Crippen molar-refractivity contribution in [2.24, 2.45) is 0 Å². The van der Waals surface area contributed by atoms with Gasteiger partial charge in [-0.25, -0.2) is 0 Å². The maximum absolute atomic E-state index is 10.7. The lowest BCUT2D eigenvalue weighted by Crippen LogP contribution is -2.42. The molecule has 1 unspecified atom stereocenters. The van der Waals surface area contributed by atoms with Crippen LogP contribution in [-0.2, 0) is 4.79 Å². The lowest BCUT2D eigenvalue weighted by molar-refractivity contribution is -0.144. The summed E-state index contributed by atoms with van der Waals surface area (Å²) in [7, 11) is 0. The minimum absolute atomic E-state index is 0.0515. The zero-order valence-corrected chi connectivity index (χ0v) is 5.40. The van der Waals surface area contributed by atoms with Crippen LogP contribution in [0.3, 0.4) is 0 Å². The van der Waals surface area contributed by atoms with E-state index in [-0.39, 0.29) is 12.8 Å². The van der Waals surface area contributed by atoms with Crippen molar-refractivity contribution in [2.45, 2.75) is 31.2 Å². The first-order chi connectivity index (χ1) is 4.61. The maximum atomic E-state index is 10.7. The topological polar surface area (TPSA) is 77.8 Å². The average Bonchev–Trinajstić information content (AvgIpc) is 1.82. The van der Waals surface area contributed by atoms with E-state index in [0.29, 0.717) is 0 Å². The molecule has 0 spiro atoms. The van der Waals surface area contributed by atoms with Gasteiger partial charge in [0.15, 0.2) is 5.78 Å². The number of carbonyl (C=O) groups excluding carboxylic acids is 1. The number of hydrogen-bond donors (Lipinski definition) is 3. The molecule has 4 nitrogen and oxygen atoms in total. The Labute approximate surface area is 58.1 Å². The Morgan fingerprint density at radius 2 is 1.50 bits per heavy atom. The highest BCUT2D eigenvalue weighted by Gasteiger charge is 2.32. The molecular formula is C6H10O4. The molecule has 0 radical (unpaired) electrons. The van der Waals surface area contributed by atoms with Crippen LogP contribution in [0.15, 0.2) is 0 Å². The van der Waals surface area contributed by atoms with Gasteiger partial charge in [-0.3, -0.25) is 4.79 Å². The predicted octanol–water partition coefficient (Wildman–Crippen LogP) is -1.57. The van der Waals surface area contributed by atoms with Crippen molar-refractivity contribution in [3.63, 3.8) is 0 Å². The summed E-state index contributed by atoms with van der Waals surface area (Å²) in [5, 5.41) is 26.6. The lowest BCUT2D eigenvalue weighted by Gasteiger charge is -2.24. The maximum Gasteiger partial charge on any atom is 0.189 e. The molecule has 0 aromatic carbocycles. The predicted molar refractivity (Wildman–Crippen MR) is 32.3 cm³/mol. The molecule has 3 atom stereocenters. The van der Waals surface area contributed by atoms with Gasteiger partial charge >= 0.3 is 0 Å². The largest absolute Gasteiger partial charge is 0.393 e. The summed E-state index contributed by atoms with van der Waals surface area (Å²) < 4.78 is 0. The summed E-state index contributed by atoms with van der Waals surface area (Å²) in [4.78, 5) is 10.7. The zero-order valence-electron chi connectivity index (χ0n) is 5.40. The Bertz CT molecular complexity index is 131. The molecule has 1 rings (SSSR count). The zero-order chi connectivity index (χ0) is 7.72. The fourth-order valence-corrected chi connectivity index (χ4v) is 1.07. The number of ketones is 1. The van der Waals surface area contributed by atoms with Gasteiger partial charge in [-0.05, 0) is 0 Å². The van der Waals surface area contributed by atoms with E-state index in [1.165, 1.54) is 0 Å². The molecule has 0 aromatic heterocycles. The summed E-state index contributed by atoms with van der Waals surface area (Å²) in [6.45, 7) is 0. The van der Waals surface area contributed by atoms with Crippen LogP contribution in [0.1, 0.15) is 12.8 Å². The van der Waals surface area contributed by atoms with Crippen LogP contribution in [-0.4, -0.2) is 39.4 Å². The average molecular weight is 146 g/mol. The molecule has 4 heteroatoms. The molecule has 0 aliphatic heterocycles. The van der Waals surface area contributed by atoms with Crippen LogP contribution in [0, 0.1) is 0 Å².